The molecule has 2 rings (SSSR count). The maximum Gasteiger partial charge on any atom is 0.188 e. The lowest BCUT2D eigenvalue weighted by Gasteiger charge is -2.36. The molecule has 0 fully saturated rings. The summed E-state index contributed by atoms with van der Waals surface area (Å²) in [5.41, 5.74) is 2.55. The first-order valence-electron chi connectivity index (χ1n) is 7.38. The summed E-state index contributed by atoms with van der Waals surface area (Å²) in [5.74, 6) is 1.16. The lowest BCUT2D eigenvalue weighted by molar-refractivity contribution is 0.264. The van der Waals surface area contributed by atoms with E-state index in [1.807, 2.05) is 0 Å². The molecule has 0 saturated carbocycles. The SMILES string of the molecule is Cc1ccc(N[C@@H](C(C)C2=NCCO2)C(C)(C)C)cc1. The van der Waals surface area contributed by atoms with Gasteiger partial charge < -0.3 is 10.1 Å². The summed E-state index contributed by atoms with van der Waals surface area (Å²) in [6.07, 6.45) is 0. The molecule has 2 atom stereocenters. The Balaban J connectivity index is 2.17. The van der Waals surface area contributed by atoms with Crippen LogP contribution < -0.4 is 5.32 Å². The Morgan fingerprint density at radius 3 is 2.35 bits per heavy atom. The zero-order valence-corrected chi connectivity index (χ0v) is 13.2. The maximum atomic E-state index is 5.66. The van der Waals surface area contributed by atoms with Gasteiger partial charge in [0.25, 0.3) is 0 Å². The van der Waals surface area contributed by atoms with E-state index in [0.29, 0.717) is 0 Å². The van der Waals surface area contributed by atoms with Crippen molar-refractivity contribution in [2.24, 2.45) is 16.3 Å². The Hall–Kier alpha value is -1.51. The molecule has 0 saturated heterocycles. The van der Waals surface area contributed by atoms with Gasteiger partial charge in [-0.2, -0.15) is 0 Å². The third-order valence-electron chi connectivity index (χ3n) is 3.81. The van der Waals surface area contributed by atoms with E-state index in [-0.39, 0.29) is 17.4 Å². The molecule has 1 aromatic carbocycles. The van der Waals surface area contributed by atoms with Gasteiger partial charge >= 0.3 is 0 Å². The zero-order valence-electron chi connectivity index (χ0n) is 13.2. The van der Waals surface area contributed by atoms with E-state index in [1.165, 1.54) is 5.56 Å². The molecule has 1 aliphatic heterocycles. The van der Waals surface area contributed by atoms with Crippen LogP contribution in [0.5, 0.6) is 0 Å². The number of hydrogen-bond acceptors (Lipinski definition) is 3. The second-order valence-electron chi connectivity index (χ2n) is 6.71. The van der Waals surface area contributed by atoms with Gasteiger partial charge in [0.2, 0.25) is 0 Å². The summed E-state index contributed by atoms with van der Waals surface area (Å²) in [7, 11) is 0. The van der Waals surface area contributed by atoms with Crippen molar-refractivity contribution in [2.75, 3.05) is 18.5 Å². The van der Waals surface area contributed by atoms with Crippen LogP contribution in [-0.4, -0.2) is 25.1 Å². The number of anilines is 1. The van der Waals surface area contributed by atoms with Crippen LogP contribution in [0.25, 0.3) is 0 Å². The van der Waals surface area contributed by atoms with E-state index in [2.05, 4.69) is 69.2 Å². The normalized spacial score (nSPS) is 18.1. The Morgan fingerprint density at radius 1 is 1.20 bits per heavy atom. The van der Waals surface area contributed by atoms with E-state index in [0.717, 1.165) is 24.7 Å². The van der Waals surface area contributed by atoms with Gasteiger partial charge in [-0.25, -0.2) is 0 Å². The van der Waals surface area contributed by atoms with Gasteiger partial charge in [-0.3, -0.25) is 4.99 Å². The molecule has 0 amide bonds. The number of benzene rings is 1. The highest BCUT2D eigenvalue weighted by Crippen LogP contribution is 2.30. The van der Waals surface area contributed by atoms with Crippen LogP contribution in [0.15, 0.2) is 29.3 Å². The molecule has 0 aliphatic carbocycles. The van der Waals surface area contributed by atoms with Gasteiger partial charge in [-0.1, -0.05) is 45.4 Å². The lowest BCUT2D eigenvalue weighted by atomic mass is 9.79. The fraction of sp³-hybridized carbons (Fsp3) is 0.588. The Morgan fingerprint density at radius 2 is 1.85 bits per heavy atom. The summed E-state index contributed by atoms with van der Waals surface area (Å²) >= 11 is 0. The smallest absolute Gasteiger partial charge is 0.188 e. The molecule has 0 aromatic heterocycles. The predicted molar refractivity (Wildman–Crippen MR) is 85.5 cm³/mol. The average Bonchev–Trinajstić information content (AvgIpc) is 2.89. The lowest BCUT2D eigenvalue weighted by Crippen LogP contribution is -2.42. The number of aryl methyl sites for hydroxylation is 1. The highest BCUT2D eigenvalue weighted by atomic mass is 16.5. The second-order valence-corrected chi connectivity index (χ2v) is 6.71. The summed E-state index contributed by atoms with van der Waals surface area (Å²) in [6.45, 7) is 12.6. The van der Waals surface area contributed by atoms with Crippen LogP contribution in [0.4, 0.5) is 5.69 Å². The third kappa shape index (κ3) is 3.53. The van der Waals surface area contributed by atoms with Crippen molar-refractivity contribution in [3.63, 3.8) is 0 Å². The van der Waals surface area contributed by atoms with Gasteiger partial charge in [0, 0.05) is 11.7 Å². The van der Waals surface area contributed by atoms with Crippen molar-refractivity contribution in [3.05, 3.63) is 29.8 Å². The molecular formula is C17H26N2O. The van der Waals surface area contributed by atoms with Gasteiger partial charge in [-0.15, -0.1) is 0 Å². The minimum Gasteiger partial charge on any atom is -0.479 e. The summed E-state index contributed by atoms with van der Waals surface area (Å²) in [4.78, 5) is 4.48. The van der Waals surface area contributed by atoms with E-state index < -0.39 is 0 Å². The van der Waals surface area contributed by atoms with Crippen molar-refractivity contribution in [2.45, 2.75) is 40.7 Å². The molecule has 0 spiro atoms. The van der Waals surface area contributed by atoms with Crippen molar-refractivity contribution >= 4 is 11.6 Å². The largest absolute Gasteiger partial charge is 0.479 e. The molecule has 1 unspecified atom stereocenters. The first kappa shape index (κ1) is 14.9. The van der Waals surface area contributed by atoms with Crippen molar-refractivity contribution in [1.82, 2.24) is 0 Å². The number of hydrogen-bond donors (Lipinski definition) is 1. The molecule has 1 aromatic rings. The second kappa shape index (κ2) is 5.86. The van der Waals surface area contributed by atoms with Crippen LogP contribution in [0.3, 0.4) is 0 Å². The van der Waals surface area contributed by atoms with Crippen LogP contribution in [0.2, 0.25) is 0 Å². The molecule has 1 aliphatic rings. The first-order chi connectivity index (χ1) is 9.38. The van der Waals surface area contributed by atoms with Crippen molar-refractivity contribution < 1.29 is 4.74 Å². The van der Waals surface area contributed by atoms with Crippen LogP contribution in [0.1, 0.15) is 33.3 Å². The number of aliphatic imine (C=N–C) groups is 1. The minimum atomic E-state index is 0.124. The highest BCUT2D eigenvalue weighted by molar-refractivity contribution is 5.81. The van der Waals surface area contributed by atoms with E-state index in [9.17, 15) is 0 Å². The van der Waals surface area contributed by atoms with Crippen LogP contribution in [-0.2, 0) is 4.74 Å². The molecule has 3 nitrogen and oxygen atoms in total. The molecule has 3 heteroatoms. The Kier molecular flexibility index (Phi) is 4.36. The van der Waals surface area contributed by atoms with Gasteiger partial charge in [-0.05, 0) is 24.5 Å². The average molecular weight is 274 g/mol. The number of nitrogens with one attached hydrogen (secondary N) is 1. The third-order valence-corrected chi connectivity index (χ3v) is 3.81. The van der Waals surface area contributed by atoms with Crippen molar-refractivity contribution in [3.8, 4) is 0 Å². The van der Waals surface area contributed by atoms with Crippen LogP contribution >= 0.6 is 0 Å². The predicted octanol–water partition coefficient (Wildman–Crippen LogP) is 3.89. The Bertz CT molecular complexity index is 471. The van der Waals surface area contributed by atoms with Crippen molar-refractivity contribution in [1.29, 1.82) is 0 Å². The monoisotopic (exact) mass is 274 g/mol. The molecule has 0 bridgehead atoms. The van der Waals surface area contributed by atoms with E-state index in [1.54, 1.807) is 0 Å². The van der Waals surface area contributed by atoms with E-state index >= 15 is 0 Å². The first-order valence-corrected chi connectivity index (χ1v) is 7.38. The summed E-state index contributed by atoms with van der Waals surface area (Å²) in [6, 6.07) is 8.82. The van der Waals surface area contributed by atoms with Gasteiger partial charge in [0.05, 0.1) is 12.5 Å². The Labute approximate surface area is 122 Å². The molecular weight excluding hydrogens is 248 g/mol. The molecule has 20 heavy (non-hydrogen) atoms. The topological polar surface area (TPSA) is 33.6 Å². The quantitative estimate of drug-likeness (QED) is 0.903. The molecule has 1 heterocycles. The fourth-order valence-corrected chi connectivity index (χ4v) is 2.69. The molecule has 0 radical (unpaired) electrons. The summed E-state index contributed by atoms with van der Waals surface area (Å²) in [5, 5.41) is 3.66. The van der Waals surface area contributed by atoms with Crippen LogP contribution in [0, 0.1) is 18.3 Å². The zero-order chi connectivity index (χ0) is 14.8. The standard InChI is InChI=1S/C17H26N2O/c1-12-6-8-14(9-7-12)19-15(17(3,4)5)13(2)16-18-10-11-20-16/h6-9,13,15,19H,10-11H2,1-5H3/t13?,15-/m0/s1. The molecule has 110 valence electrons. The van der Waals surface area contributed by atoms with E-state index in [4.69, 9.17) is 4.74 Å². The maximum absolute atomic E-state index is 5.66. The minimum absolute atomic E-state index is 0.124. The van der Waals surface area contributed by atoms with Gasteiger partial charge in [0.1, 0.15) is 6.61 Å². The fourth-order valence-electron chi connectivity index (χ4n) is 2.69. The summed E-state index contributed by atoms with van der Waals surface area (Å²) < 4.78 is 5.66. The number of ether oxygens (including phenoxy) is 1. The number of nitrogens with zero attached hydrogens (tertiary/aromatic N) is 1. The number of rotatable bonds is 4. The van der Waals surface area contributed by atoms with Gasteiger partial charge in [0.15, 0.2) is 5.90 Å². The molecule has 1 N–H and O–H groups in total. The highest BCUT2D eigenvalue weighted by Gasteiger charge is 2.34.